The Kier molecular flexibility index (Phi) is 3.66. The zero-order valence-corrected chi connectivity index (χ0v) is 11.3. The fourth-order valence-electron chi connectivity index (χ4n) is 2.27. The first kappa shape index (κ1) is 13.1. The highest BCUT2D eigenvalue weighted by molar-refractivity contribution is 5.55. The molecule has 1 saturated heterocycles. The van der Waals surface area contributed by atoms with Gasteiger partial charge in [0.15, 0.2) is 0 Å². The molecule has 1 aromatic heterocycles. The molecule has 1 atom stereocenters. The van der Waals surface area contributed by atoms with Crippen LogP contribution in [0.15, 0.2) is 28.8 Å². The molecule has 0 aliphatic carbocycles. The molecule has 0 amide bonds. The molecule has 106 valence electrons. The molecule has 2 aromatic rings. The van der Waals surface area contributed by atoms with Gasteiger partial charge >= 0.3 is 0 Å². The number of morpholine rings is 1. The molecule has 0 saturated carbocycles. The summed E-state index contributed by atoms with van der Waals surface area (Å²) in [6, 6.07) is 6.75. The number of hydrogen-bond acceptors (Lipinski definition) is 6. The Morgan fingerprint density at radius 2 is 2.35 bits per heavy atom. The Morgan fingerprint density at radius 3 is 3.15 bits per heavy atom. The summed E-state index contributed by atoms with van der Waals surface area (Å²) in [7, 11) is 0. The highest BCUT2D eigenvalue weighted by Crippen LogP contribution is 2.25. The largest absolute Gasteiger partial charge is 0.508 e. The second-order valence-electron chi connectivity index (χ2n) is 4.76. The third kappa shape index (κ3) is 2.66. The minimum absolute atomic E-state index is 0.154. The van der Waals surface area contributed by atoms with Crippen LogP contribution in [-0.2, 0) is 4.74 Å². The molecule has 2 heterocycles. The first-order valence-electron chi connectivity index (χ1n) is 6.73. The molecular formula is C14H17N3O3. The third-order valence-electron chi connectivity index (χ3n) is 3.42. The quantitative estimate of drug-likeness (QED) is 0.921. The maximum absolute atomic E-state index is 9.48. The summed E-state index contributed by atoms with van der Waals surface area (Å²) in [6.07, 6.45) is -0.154. The Balaban J connectivity index is 1.80. The van der Waals surface area contributed by atoms with E-state index in [0.29, 0.717) is 23.9 Å². The molecule has 0 spiro atoms. The molecule has 20 heavy (non-hydrogen) atoms. The molecule has 1 fully saturated rings. The average Bonchev–Trinajstić information content (AvgIpc) is 2.97. The number of phenolic OH excluding ortho intramolecular Hbond substituents is 1. The van der Waals surface area contributed by atoms with Crippen LogP contribution in [0, 0.1) is 0 Å². The molecule has 6 nitrogen and oxygen atoms in total. The van der Waals surface area contributed by atoms with E-state index in [0.717, 1.165) is 19.6 Å². The van der Waals surface area contributed by atoms with Gasteiger partial charge in [-0.15, -0.1) is 0 Å². The van der Waals surface area contributed by atoms with Gasteiger partial charge in [-0.2, -0.15) is 4.98 Å². The maximum atomic E-state index is 9.48. The number of aromatic nitrogens is 2. The van der Waals surface area contributed by atoms with Gasteiger partial charge in [-0.05, 0) is 24.7 Å². The van der Waals surface area contributed by atoms with E-state index in [9.17, 15) is 5.11 Å². The van der Waals surface area contributed by atoms with Crippen molar-refractivity contribution in [2.75, 3.05) is 26.2 Å². The monoisotopic (exact) mass is 275 g/mol. The standard InChI is InChI=1S/C14H17N3O3/c1-2-17-6-7-19-12(9-17)13-15-14(20-16-13)10-4-3-5-11(18)8-10/h3-5,8,12,18H,2,6-7,9H2,1H3. The number of ether oxygens (including phenoxy) is 1. The number of nitrogens with zero attached hydrogens (tertiary/aromatic N) is 3. The topological polar surface area (TPSA) is 71.6 Å². The second-order valence-corrected chi connectivity index (χ2v) is 4.76. The van der Waals surface area contributed by atoms with Gasteiger partial charge in [-0.25, -0.2) is 0 Å². The van der Waals surface area contributed by atoms with Gasteiger partial charge in [0, 0.05) is 18.7 Å². The van der Waals surface area contributed by atoms with E-state index in [-0.39, 0.29) is 11.9 Å². The van der Waals surface area contributed by atoms with E-state index in [4.69, 9.17) is 9.26 Å². The van der Waals surface area contributed by atoms with Crippen molar-refractivity contribution in [3.8, 4) is 17.2 Å². The SMILES string of the molecule is CCN1CCOC(c2noc(-c3cccc(O)c3)n2)C1. The molecule has 1 aliphatic rings. The van der Waals surface area contributed by atoms with Crippen molar-refractivity contribution in [3.05, 3.63) is 30.1 Å². The second kappa shape index (κ2) is 5.60. The fourth-order valence-corrected chi connectivity index (χ4v) is 2.27. The molecule has 6 heteroatoms. The Labute approximate surface area is 117 Å². The lowest BCUT2D eigenvalue weighted by molar-refractivity contribution is -0.0334. The lowest BCUT2D eigenvalue weighted by Gasteiger charge is -2.30. The highest BCUT2D eigenvalue weighted by Gasteiger charge is 2.25. The minimum atomic E-state index is -0.154. The van der Waals surface area contributed by atoms with Gasteiger partial charge in [-0.1, -0.05) is 18.1 Å². The molecule has 0 radical (unpaired) electrons. The van der Waals surface area contributed by atoms with Crippen LogP contribution in [0.3, 0.4) is 0 Å². The Hall–Kier alpha value is -1.92. The minimum Gasteiger partial charge on any atom is -0.508 e. The molecule has 3 rings (SSSR count). The van der Waals surface area contributed by atoms with Crippen molar-refractivity contribution in [2.24, 2.45) is 0 Å². The van der Waals surface area contributed by atoms with Gasteiger partial charge in [0.1, 0.15) is 11.9 Å². The van der Waals surface area contributed by atoms with Crippen molar-refractivity contribution in [1.82, 2.24) is 15.0 Å². The number of rotatable bonds is 3. The van der Waals surface area contributed by atoms with Crippen LogP contribution in [0.4, 0.5) is 0 Å². The van der Waals surface area contributed by atoms with Crippen LogP contribution in [-0.4, -0.2) is 46.4 Å². The van der Waals surface area contributed by atoms with Crippen LogP contribution in [0.2, 0.25) is 0 Å². The van der Waals surface area contributed by atoms with Crippen molar-refractivity contribution in [2.45, 2.75) is 13.0 Å². The summed E-state index contributed by atoms with van der Waals surface area (Å²) >= 11 is 0. The van der Waals surface area contributed by atoms with E-state index < -0.39 is 0 Å². The lowest BCUT2D eigenvalue weighted by Crippen LogP contribution is -2.38. The molecule has 1 unspecified atom stereocenters. The first-order chi connectivity index (χ1) is 9.76. The summed E-state index contributed by atoms with van der Waals surface area (Å²) in [5.74, 6) is 1.13. The van der Waals surface area contributed by atoms with E-state index >= 15 is 0 Å². The van der Waals surface area contributed by atoms with Gasteiger partial charge in [-0.3, -0.25) is 4.90 Å². The predicted molar refractivity (Wildman–Crippen MR) is 72.2 cm³/mol. The Bertz CT molecular complexity index is 585. The molecule has 1 aliphatic heterocycles. The summed E-state index contributed by atoms with van der Waals surface area (Å²) in [6.45, 7) is 5.49. The van der Waals surface area contributed by atoms with Crippen molar-refractivity contribution < 1.29 is 14.4 Å². The number of likely N-dealkylation sites (N-methyl/N-ethyl adjacent to an activating group) is 1. The van der Waals surface area contributed by atoms with E-state index in [1.807, 2.05) is 6.07 Å². The van der Waals surface area contributed by atoms with Gasteiger partial charge in [0.05, 0.1) is 6.61 Å². The summed E-state index contributed by atoms with van der Waals surface area (Å²) in [5.41, 5.74) is 0.701. The zero-order chi connectivity index (χ0) is 13.9. The lowest BCUT2D eigenvalue weighted by atomic mass is 10.2. The van der Waals surface area contributed by atoms with Crippen LogP contribution < -0.4 is 0 Å². The normalized spacial score (nSPS) is 20.1. The first-order valence-corrected chi connectivity index (χ1v) is 6.73. The van der Waals surface area contributed by atoms with Gasteiger partial charge < -0.3 is 14.4 Å². The number of hydrogen-bond donors (Lipinski definition) is 1. The van der Waals surface area contributed by atoms with E-state index in [1.54, 1.807) is 18.2 Å². The molecular weight excluding hydrogens is 258 g/mol. The number of phenols is 1. The predicted octanol–water partition coefficient (Wildman–Crippen LogP) is 1.84. The molecule has 1 N–H and O–H groups in total. The van der Waals surface area contributed by atoms with Gasteiger partial charge in [0.25, 0.3) is 5.89 Å². The average molecular weight is 275 g/mol. The van der Waals surface area contributed by atoms with Crippen LogP contribution in [0.25, 0.3) is 11.5 Å². The van der Waals surface area contributed by atoms with Crippen LogP contribution in [0.1, 0.15) is 18.9 Å². The Morgan fingerprint density at radius 1 is 1.45 bits per heavy atom. The van der Waals surface area contributed by atoms with Crippen molar-refractivity contribution >= 4 is 0 Å². The summed E-state index contributed by atoms with van der Waals surface area (Å²) < 4.78 is 11.0. The van der Waals surface area contributed by atoms with Crippen LogP contribution in [0.5, 0.6) is 5.75 Å². The van der Waals surface area contributed by atoms with Crippen molar-refractivity contribution in [1.29, 1.82) is 0 Å². The van der Waals surface area contributed by atoms with E-state index in [2.05, 4.69) is 22.0 Å². The fraction of sp³-hybridized carbons (Fsp3) is 0.429. The van der Waals surface area contributed by atoms with Gasteiger partial charge in [0.2, 0.25) is 5.82 Å². The summed E-state index contributed by atoms with van der Waals surface area (Å²) in [5, 5.41) is 13.5. The van der Waals surface area contributed by atoms with E-state index in [1.165, 1.54) is 0 Å². The van der Waals surface area contributed by atoms with Crippen molar-refractivity contribution in [3.63, 3.8) is 0 Å². The third-order valence-corrected chi connectivity index (χ3v) is 3.42. The molecule has 0 bridgehead atoms. The smallest absolute Gasteiger partial charge is 0.258 e. The summed E-state index contributed by atoms with van der Waals surface area (Å²) in [4.78, 5) is 6.66. The highest BCUT2D eigenvalue weighted by atomic mass is 16.5. The number of aromatic hydroxyl groups is 1. The molecule has 1 aromatic carbocycles. The maximum Gasteiger partial charge on any atom is 0.258 e. The number of benzene rings is 1. The zero-order valence-electron chi connectivity index (χ0n) is 11.3. The van der Waals surface area contributed by atoms with Crippen LogP contribution >= 0.6 is 0 Å².